The van der Waals surface area contributed by atoms with Crippen LogP contribution < -0.4 is 14.7 Å². The number of ether oxygens (including phenoxy) is 1. The van der Waals surface area contributed by atoms with E-state index in [2.05, 4.69) is 12.1 Å². The SMILES string of the molecule is COc1ccc(C[NH+](Cc2ccccc2)Cc2ccc(C(=O)[O-])o2)cc1. The zero-order valence-corrected chi connectivity index (χ0v) is 14.6. The molecule has 0 radical (unpaired) electrons. The molecule has 1 N–H and O–H groups in total. The van der Waals surface area contributed by atoms with Gasteiger partial charge in [0.1, 0.15) is 37.1 Å². The standard InChI is InChI=1S/C21H21NO4/c1-25-18-9-7-17(8-10-18)14-22(13-16-5-3-2-4-6-16)15-19-11-12-20(26-19)21(23)24/h2-12H,13-15H2,1H3,(H,23,24). The molecule has 0 saturated heterocycles. The molecule has 5 nitrogen and oxygen atoms in total. The molecule has 2 aromatic carbocycles. The normalized spacial score (nSPS) is 11.9. The highest BCUT2D eigenvalue weighted by Gasteiger charge is 2.15. The first-order valence-corrected chi connectivity index (χ1v) is 8.44. The van der Waals surface area contributed by atoms with Crippen LogP contribution >= 0.6 is 0 Å². The molecule has 0 fully saturated rings. The fourth-order valence-electron chi connectivity index (χ4n) is 2.93. The van der Waals surface area contributed by atoms with Crippen LogP contribution in [0.15, 0.2) is 71.1 Å². The maximum Gasteiger partial charge on any atom is 0.159 e. The number of carboxylic acid groups (broad SMARTS) is 1. The number of carboxylic acids is 1. The molecule has 1 unspecified atom stereocenters. The summed E-state index contributed by atoms with van der Waals surface area (Å²) in [7, 11) is 1.65. The maximum absolute atomic E-state index is 10.9. The number of aromatic carboxylic acids is 1. The average molecular weight is 351 g/mol. The van der Waals surface area contributed by atoms with Gasteiger partial charge in [-0.1, -0.05) is 30.3 Å². The van der Waals surface area contributed by atoms with E-state index in [0.717, 1.165) is 18.8 Å². The van der Waals surface area contributed by atoms with E-state index < -0.39 is 5.97 Å². The van der Waals surface area contributed by atoms with Crippen molar-refractivity contribution in [3.05, 3.63) is 89.4 Å². The molecule has 5 heteroatoms. The van der Waals surface area contributed by atoms with Gasteiger partial charge in [-0.15, -0.1) is 0 Å². The fraction of sp³-hybridized carbons (Fsp3) is 0.190. The van der Waals surface area contributed by atoms with Crippen LogP contribution in [0.5, 0.6) is 5.75 Å². The number of carbonyl (C=O) groups is 1. The van der Waals surface area contributed by atoms with Crippen molar-refractivity contribution in [1.82, 2.24) is 0 Å². The molecule has 1 aromatic heterocycles. The number of nitrogens with one attached hydrogen (secondary N) is 1. The van der Waals surface area contributed by atoms with Crippen LogP contribution in [0.3, 0.4) is 0 Å². The van der Waals surface area contributed by atoms with Crippen molar-refractivity contribution < 1.29 is 24.0 Å². The topological polar surface area (TPSA) is 66.9 Å². The van der Waals surface area contributed by atoms with Crippen LogP contribution in [0.4, 0.5) is 0 Å². The number of methoxy groups -OCH3 is 1. The Balaban J connectivity index is 1.76. The summed E-state index contributed by atoms with van der Waals surface area (Å²) in [6.07, 6.45) is 0. The first-order chi connectivity index (χ1) is 12.6. The Morgan fingerprint density at radius 2 is 1.58 bits per heavy atom. The number of furan rings is 1. The molecule has 0 aliphatic heterocycles. The Bertz CT molecular complexity index is 840. The maximum atomic E-state index is 10.9. The third-order valence-electron chi connectivity index (χ3n) is 4.20. The van der Waals surface area contributed by atoms with Crippen LogP contribution in [-0.4, -0.2) is 13.1 Å². The van der Waals surface area contributed by atoms with E-state index in [9.17, 15) is 9.90 Å². The van der Waals surface area contributed by atoms with E-state index in [1.54, 1.807) is 13.2 Å². The lowest BCUT2D eigenvalue weighted by Crippen LogP contribution is -3.08. The van der Waals surface area contributed by atoms with E-state index >= 15 is 0 Å². The van der Waals surface area contributed by atoms with E-state index in [4.69, 9.17) is 9.15 Å². The monoisotopic (exact) mass is 351 g/mol. The highest BCUT2D eigenvalue weighted by atomic mass is 16.5. The van der Waals surface area contributed by atoms with Crippen molar-refractivity contribution in [3.63, 3.8) is 0 Å². The summed E-state index contributed by atoms with van der Waals surface area (Å²) in [6.45, 7) is 2.16. The summed E-state index contributed by atoms with van der Waals surface area (Å²) < 4.78 is 10.6. The Kier molecular flexibility index (Phi) is 5.71. The smallest absolute Gasteiger partial charge is 0.159 e. The van der Waals surface area contributed by atoms with Gasteiger partial charge in [-0.2, -0.15) is 0 Å². The Morgan fingerprint density at radius 1 is 0.923 bits per heavy atom. The van der Waals surface area contributed by atoms with Gasteiger partial charge in [0.05, 0.1) is 7.11 Å². The van der Waals surface area contributed by atoms with Crippen LogP contribution in [0, 0.1) is 0 Å². The molecule has 3 aromatic rings. The molecular formula is C21H21NO4. The van der Waals surface area contributed by atoms with Gasteiger partial charge < -0.3 is 24.0 Å². The van der Waals surface area contributed by atoms with Gasteiger partial charge in [-0.25, -0.2) is 0 Å². The van der Waals surface area contributed by atoms with Gasteiger partial charge in [-0.05, 0) is 36.4 Å². The molecule has 0 aliphatic rings. The van der Waals surface area contributed by atoms with Gasteiger partial charge in [0, 0.05) is 11.1 Å². The lowest BCUT2D eigenvalue weighted by atomic mass is 10.1. The van der Waals surface area contributed by atoms with Crippen LogP contribution in [0.1, 0.15) is 27.4 Å². The number of hydrogen-bond acceptors (Lipinski definition) is 4. The summed E-state index contributed by atoms with van der Waals surface area (Å²) in [5.74, 6) is 0.0196. The molecule has 3 rings (SSSR count). The molecular weight excluding hydrogens is 330 g/mol. The van der Waals surface area contributed by atoms with Gasteiger partial charge in [0.2, 0.25) is 0 Å². The molecule has 1 atom stereocenters. The summed E-state index contributed by atoms with van der Waals surface area (Å²) in [5.41, 5.74) is 2.38. The van der Waals surface area contributed by atoms with E-state index in [0.29, 0.717) is 12.3 Å². The van der Waals surface area contributed by atoms with Crippen molar-refractivity contribution >= 4 is 5.97 Å². The predicted molar refractivity (Wildman–Crippen MR) is 94.5 cm³/mol. The van der Waals surface area contributed by atoms with Crippen molar-refractivity contribution in [2.75, 3.05) is 7.11 Å². The largest absolute Gasteiger partial charge is 0.542 e. The molecule has 0 spiro atoms. The third kappa shape index (κ3) is 4.74. The zero-order chi connectivity index (χ0) is 18.4. The molecule has 0 aliphatic carbocycles. The second-order valence-corrected chi connectivity index (χ2v) is 6.17. The number of quaternary nitrogens is 1. The summed E-state index contributed by atoms with van der Waals surface area (Å²) in [5, 5.41) is 10.9. The third-order valence-corrected chi connectivity index (χ3v) is 4.20. The fourth-order valence-corrected chi connectivity index (χ4v) is 2.93. The van der Waals surface area contributed by atoms with Crippen LogP contribution in [-0.2, 0) is 19.6 Å². The predicted octanol–water partition coefficient (Wildman–Crippen LogP) is 1.44. The highest BCUT2D eigenvalue weighted by Crippen LogP contribution is 2.11. The number of hydrogen-bond donors (Lipinski definition) is 1. The second kappa shape index (κ2) is 8.36. The quantitative estimate of drug-likeness (QED) is 0.667. The number of rotatable bonds is 8. The van der Waals surface area contributed by atoms with Crippen molar-refractivity contribution in [2.24, 2.45) is 0 Å². The molecule has 0 bridgehead atoms. The Labute approximate surface area is 152 Å². The molecule has 0 amide bonds. The molecule has 26 heavy (non-hydrogen) atoms. The molecule has 134 valence electrons. The minimum Gasteiger partial charge on any atom is -0.542 e. The number of carbonyl (C=O) groups excluding carboxylic acids is 1. The van der Waals surface area contributed by atoms with Gasteiger partial charge in [0.15, 0.2) is 5.76 Å². The van der Waals surface area contributed by atoms with E-state index in [1.165, 1.54) is 22.1 Å². The van der Waals surface area contributed by atoms with Crippen molar-refractivity contribution in [2.45, 2.75) is 19.6 Å². The van der Waals surface area contributed by atoms with Gasteiger partial charge in [-0.3, -0.25) is 0 Å². The van der Waals surface area contributed by atoms with Crippen LogP contribution in [0.2, 0.25) is 0 Å². The summed E-state index contributed by atoms with van der Waals surface area (Å²) >= 11 is 0. The van der Waals surface area contributed by atoms with E-state index in [1.807, 2.05) is 42.5 Å². The van der Waals surface area contributed by atoms with Crippen molar-refractivity contribution in [3.8, 4) is 5.75 Å². The Morgan fingerprint density at radius 3 is 2.15 bits per heavy atom. The number of benzene rings is 2. The van der Waals surface area contributed by atoms with Crippen LogP contribution in [0.25, 0.3) is 0 Å². The first kappa shape index (κ1) is 17.8. The second-order valence-electron chi connectivity index (χ2n) is 6.17. The Hall–Kier alpha value is -3.05. The first-order valence-electron chi connectivity index (χ1n) is 8.44. The minimum atomic E-state index is -1.30. The molecule has 0 saturated carbocycles. The van der Waals surface area contributed by atoms with Gasteiger partial charge in [0.25, 0.3) is 0 Å². The zero-order valence-electron chi connectivity index (χ0n) is 14.6. The minimum absolute atomic E-state index is 0.136. The van der Waals surface area contributed by atoms with Gasteiger partial charge >= 0.3 is 0 Å². The average Bonchev–Trinajstić information content (AvgIpc) is 3.12. The lowest BCUT2D eigenvalue weighted by Gasteiger charge is -2.19. The van der Waals surface area contributed by atoms with E-state index in [-0.39, 0.29) is 5.76 Å². The molecule has 1 heterocycles. The summed E-state index contributed by atoms with van der Waals surface area (Å²) in [4.78, 5) is 12.2. The van der Waals surface area contributed by atoms with Crippen molar-refractivity contribution in [1.29, 1.82) is 0 Å². The highest BCUT2D eigenvalue weighted by molar-refractivity contribution is 5.82. The lowest BCUT2D eigenvalue weighted by molar-refractivity contribution is -0.942. The summed E-state index contributed by atoms with van der Waals surface area (Å²) in [6, 6.07) is 21.3.